The molecule has 0 fully saturated rings. The molecule has 1 heterocycles. The van der Waals surface area contributed by atoms with E-state index in [9.17, 15) is 0 Å². The second kappa shape index (κ2) is 5.13. The van der Waals surface area contributed by atoms with Crippen molar-refractivity contribution >= 4 is 27.3 Å². The van der Waals surface area contributed by atoms with Gasteiger partial charge in [0, 0.05) is 4.88 Å². The fourth-order valence-corrected chi connectivity index (χ4v) is 3.24. The van der Waals surface area contributed by atoms with E-state index in [1.165, 1.54) is 8.66 Å². The number of hydrogen-bond donors (Lipinski definition) is 1. The summed E-state index contributed by atoms with van der Waals surface area (Å²) in [6.45, 7) is 5.29. The van der Waals surface area contributed by atoms with Crippen LogP contribution in [0.2, 0.25) is 0 Å². The maximum atomic E-state index is 5.60. The molecule has 1 rings (SSSR count). The van der Waals surface area contributed by atoms with E-state index in [0.717, 1.165) is 13.0 Å². The van der Waals surface area contributed by atoms with E-state index in [1.807, 2.05) is 11.3 Å². The van der Waals surface area contributed by atoms with E-state index in [0.29, 0.717) is 11.8 Å². The van der Waals surface area contributed by atoms with E-state index < -0.39 is 0 Å². The average Bonchev–Trinajstić information content (AvgIpc) is 2.46. The molecule has 0 saturated heterocycles. The third-order valence-electron chi connectivity index (χ3n) is 2.24. The SMILES string of the molecule is CC(C)C(CCN)c1ccc(Br)s1. The highest BCUT2D eigenvalue weighted by Crippen LogP contribution is 2.34. The van der Waals surface area contributed by atoms with Crippen LogP contribution in [-0.2, 0) is 0 Å². The number of rotatable bonds is 4. The Morgan fingerprint density at radius 2 is 2.15 bits per heavy atom. The van der Waals surface area contributed by atoms with Gasteiger partial charge in [0.2, 0.25) is 0 Å². The standard InChI is InChI=1S/C10H16BrNS/c1-7(2)8(5-6-12)9-3-4-10(11)13-9/h3-4,7-8H,5-6,12H2,1-2H3. The monoisotopic (exact) mass is 261 g/mol. The molecule has 1 unspecified atom stereocenters. The summed E-state index contributed by atoms with van der Waals surface area (Å²) in [4.78, 5) is 1.45. The Hall–Kier alpha value is 0.140. The molecular formula is C10H16BrNS. The van der Waals surface area contributed by atoms with Gasteiger partial charge >= 0.3 is 0 Å². The summed E-state index contributed by atoms with van der Waals surface area (Å²) in [5, 5.41) is 0. The van der Waals surface area contributed by atoms with Crippen LogP contribution in [0.3, 0.4) is 0 Å². The van der Waals surface area contributed by atoms with Crippen molar-refractivity contribution in [2.24, 2.45) is 11.7 Å². The Morgan fingerprint density at radius 1 is 1.46 bits per heavy atom. The van der Waals surface area contributed by atoms with Crippen LogP contribution in [0.25, 0.3) is 0 Å². The van der Waals surface area contributed by atoms with Crippen LogP contribution in [0, 0.1) is 5.92 Å². The number of halogens is 1. The van der Waals surface area contributed by atoms with Crippen molar-refractivity contribution in [2.45, 2.75) is 26.2 Å². The van der Waals surface area contributed by atoms with Crippen molar-refractivity contribution in [1.29, 1.82) is 0 Å². The summed E-state index contributed by atoms with van der Waals surface area (Å²) in [5.41, 5.74) is 5.60. The van der Waals surface area contributed by atoms with Gasteiger partial charge in [-0.3, -0.25) is 0 Å². The highest BCUT2D eigenvalue weighted by atomic mass is 79.9. The van der Waals surface area contributed by atoms with Crippen molar-refractivity contribution in [1.82, 2.24) is 0 Å². The van der Waals surface area contributed by atoms with Crippen molar-refractivity contribution in [3.05, 3.63) is 20.8 Å². The maximum Gasteiger partial charge on any atom is 0.0701 e. The molecule has 0 aliphatic carbocycles. The van der Waals surface area contributed by atoms with E-state index >= 15 is 0 Å². The molecule has 0 aliphatic rings. The largest absolute Gasteiger partial charge is 0.330 e. The molecule has 0 bridgehead atoms. The molecule has 1 aromatic heterocycles. The highest BCUT2D eigenvalue weighted by molar-refractivity contribution is 9.11. The van der Waals surface area contributed by atoms with Crippen molar-refractivity contribution in [2.75, 3.05) is 6.54 Å². The predicted octanol–water partition coefficient (Wildman–Crippen LogP) is 3.60. The summed E-state index contributed by atoms with van der Waals surface area (Å²) in [7, 11) is 0. The topological polar surface area (TPSA) is 26.0 Å². The van der Waals surface area contributed by atoms with Gasteiger partial charge in [0.25, 0.3) is 0 Å². The predicted molar refractivity (Wildman–Crippen MR) is 63.3 cm³/mol. The van der Waals surface area contributed by atoms with Crippen LogP contribution in [0.5, 0.6) is 0 Å². The van der Waals surface area contributed by atoms with Gasteiger partial charge in [-0.1, -0.05) is 13.8 Å². The van der Waals surface area contributed by atoms with E-state index in [-0.39, 0.29) is 0 Å². The lowest BCUT2D eigenvalue weighted by molar-refractivity contribution is 0.480. The first-order valence-electron chi connectivity index (χ1n) is 4.60. The molecule has 0 aliphatic heterocycles. The number of hydrogen-bond acceptors (Lipinski definition) is 2. The molecule has 1 aromatic rings. The lowest BCUT2D eigenvalue weighted by atomic mass is 9.91. The highest BCUT2D eigenvalue weighted by Gasteiger charge is 2.16. The second-order valence-electron chi connectivity index (χ2n) is 3.57. The quantitative estimate of drug-likeness (QED) is 0.881. The first-order valence-corrected chi connectivity index (χ1v) is 6.21. The zero-order valence-electron chi connectivity index (χ0n) is 8.09. The third-order valence-corrected chi connectivity index (χ3v) is 4.00. The molecule has 0 radical (unpaired) electrons. The molecule has 0 amide bonds. The smallest absolute Gasteiger partial charge is 0.0701 e. The Bertz CT molecular complexity index is 257. The first-order chi connectivity index (χ1) is 6.15. The normalized spacial score (nSPS) is 13.6. The second-order valence-corrected chi connectivity index (χ2v) is 6.06. The van der Waals surface area contributed by atoms with Crippen molar-refractivity contribution < 1.29 is 0 Å². The molecule has 13 heavy (non-hydrogen) atoms. The van der Waals surface area contributed by atoms with Crippen LogP contribution in [-0.4, -0.2) is 6.54 Å². The zero-order chi connectivity index (χ0) is 9.84. The summed E-state index contributed by atoms with van der Waals surface area (Å²) < 4.78 is 1.21. The van der Waals surface area contributed by atoms with Crippen molar-refractivity contribution in [3.8, 4) is 0 Å². The molecule has 0 aromatic carbocycles. The van der Waals surface area contributed by atoms with Gasteiger partial charge in [0.15, 0.2) is 0 Å². The van der Waals surface area contributed by atoms with Crippen LogP contribution < -0.4 is 5.73 Å². The molecule has 0 spiro atoms. The summed E-state index contributed by atoms with van der Waals surface area (Å²) in [5.74, 6) is 1.30. The minimum atomic E-state index is 0.626. The summed E-state index contributed by atoms with van der Waals surface area (Å²) >= 11 is 5.31. The Labute approximate surface area is 92.5 Å². The zero-order valence-corrected chi connectivity index (χ0v) is 10.5. The Kier molecular flexibility index (Phi) is 4.42. The van der Waals surface area contributed by atoms with E-state index in [1.54, 1.807) is 0 Å². The lowest BCUT2D eigenvalue weighted by Crippen LogP contribution is -2.11. The number of nitrogens with two attached hydrogens (primary N) is 1. The maximum absolute atomic E-state index is 5.60. The lowest BCUT2D eigenvalue weighted by Gasteiger charge is -2.18. The Balaban J connectivity index is 2.75. The average molecular weight is 262 g/mol. The van der Waals surface area contributed by atoms with Gasteiger partial charge in [0.05, 0.1) is 3.79 Å². The minimum Gasteiger partial charge on any atom is -0.330 e. The molecule has 74 valence electrons. The van der Waals surface area contributed by atoms with Crippen LogP contribution >= 0.6 is 27.3 Å². The first kappa shape index (κ1) is 11.2. The molecule has 2 N–H and O–H groups in total. The summed E-state index contributed by atoms with van der Waals surface area (Å²) in [6.07, 6.45) is 1.09. The van der Waals surface area contributed by atoms with Gasteiger partial charge in [0.1, 0.15) is 0 Å². The Morgan fingerprint density at radius 3 is 2.54 bits per heavy atom. The van der Waals surface area contributed by atoms with Crippen LogP contribution in [0.15, 0.2) is 15.9 Å². The third kappa shape index (κ3) is 3.08. The van der Waals surface area contributed by atoms with Gasteiger partial charge in [-0.15, -0.1) is 11.3 Å². The van der Waals surface area contributed by atoms with Gasteiger partial charge in [-0.05, 0) is 52.9 Å². The minimum absolute atomic E-state index is 0.626. The fraction of sp³-hybridized carbons (Fsp3) is 0.600. The van der Waals surface area contributed by atoms with Gasteiger partial charge in [-0.25, -0.2) is 0 Å². The molecule has 0 saturated carbocycles. The van der Waals surface area contributed by atoms with Gasteiger partial charge in [-0.2, -0.15) is 0 Å². The van der Waals surface area contributed by atoms with E-state index in [2.05, 4.69) is 41.9 Å². The van der Waals surface area contributed by atoms with Crippen LogP contribution in [0.4, 0.5) is 0 Å². The van der Waals surface area contributed by atoms with Gasteiger partial charge < -0.3 is 5.73 Å². The molecule has 1 nitrogen and oxygen atoms in total. The molecule has 1 atom stereocenters. The summed E-state index contributed by atoms with van der Waals surface area (Å²) in [6, 6.07) is 4.32. The number of thiophene rings is 1. The van der Waals surface area contributed by atoms with E-state index in [4.69, 9.17) is 5.73 Å². The fourth-order valence-electron chi connectivity index (χ4n) is 1.51. The molecular weight excluding hydrogens is 246 g/mol. The van der Waals surface area contributed by atoms with Crippen LogP contribution in [0.1, 0.15) is 31.1 Å². The molecule has 3 heteroatoms. The van der Waals surface area contributed by atoms with Crippen molar-refractivity contribution in [3.63, 3.8) is 0 Å².